The lowest BCUT2D eigenvalue weighted by Crippen LogP contribution is -2.41. The van der Waals surface area contributed by atoms with Gasteiger partial charge in [-0.2, -0.15) is 0 Å². The van der Waals surface area contributed by atoms with E-state index in [4.69, 9.17) is 4.74 Å². The second-order valence-electron chi connectivity index (χ2n) is 6.28. The van der Waals surface area contributed by atoms with Gasteiger partial charge in [0.15, 0.2) is 0 Å². The first-order valence-corrected chi connectivity index (χ1v) is 8.36. The van der Waals surface area contributed by atoms with Crippen LogP contribution in [0.3, 0.4) is 0 Å². The summed E-state index contributed by atoms with van der Waals surface area (Å²) in [5.74, 6) is 2.10. The number of amides is 1. The van der Waals surface area contributed by atoms with Crippen LogP contribution in [0.2, 0.25) is 0 Å². The van der Waals surface area contributed by atoms with E-state index in [0.29, 0.717) is 17.5 Å². The van der Waals surface area contributed by atoms with Crippen molar-refractivity contribution in [3.8, 4) is 11.5 Å². The van der Waals surface area contributed by atoms with Crippen molar-refractivity contribution in [3.05, 3.63) is 60.2 Å². The standard InChI is InChI=1S/C20H23NO2/c1-15-7-5-6-10-19(15)21-20(22)16-11-13-18(14-12-16)23-17-8-3-2-4-9-17/h2-4,8-9,11-15,19H,5-7,10H2,1H3,(H,21,22)/t15-,19-/m1/s1. The van der Waals surface area contributed by atoms with Gasteiger partial charge in [-0.3, -0.25) is 4.79 Å². The van der Waals surface area contributed by atoms with Gasteiger partial charge >= 0.3 is 0 Å². The summed E-state index contributed by atoms with van der Waals surface area (Å²) in [5.41, 5.74) is 0.684. The molecular weight excluding hydrogens is 286 g/mol. The molecule has 0 spiro atoms. The fraction of sp³-hybridized carbons (Fsp3) is 0.350. The zero-order valence-electron chi connectivity index (χ0n) is 13.5. The molecule has 1 amide bonds. The van der Waals surface area contributed by atoms with Crippen LogP contribution in [-0.2, 0) is 0 Å². The summed E-state index contributed by atoms with van der Waals surface area (Å²) >= 11 is 0. The van der Waals surface area contributed by atoms with Crippen molar-refractivity contribution in [2.75, 3.05) is 0 Å². The first-order valence-electron chi connectivity index (χ1n) is 8.36. The molecule has 3 nitrogen and oxygen atoms in total. The number of hydrogen-bond acceptors (Lipinski definition) is 2. The maximum Gasteiger partial charge on any atom is 0.251 e. The first kappa shape index (κ1) is 15.6. The number of rotatable bonds is 4. The highest BCUT2D eigenvalue weighted by Crippen LogP contribution is 2.25. The van der Waals surface area contributed by atoms with Gasteiger partial charge in [-0.1, -0.05) is 38.0 Å². The molecule has 0 bridgehead atoms. The van der Waals surface area contributed by atoms with Gasteiger partial charge in [-0.25, -0.2) is 0 Å². The molecule has 0 unspecified atom stereocenters. The van der Waals surface area contributed by atoms with Crippen molar-refractivity contribution in [2.24, 2.45) is 5.92 Å². The molecule has 1 fully saturated rings. The minimum absolute atomic E-state index is 0.00927. The molecule has 0 aromatic heterocycles. The zero-order chi connectivity index (χ0) is 16.1. The van der Waals surface area contributed by atoms with Crippen molar-refractivity contribution < 1.29 is 9.53 Å². The van der Waals surface area contributed by atoms with Gasteiger partial charge in [0.2, 0.25) is 0 Å². The van der Waals surface area contributed by atoms with E-state index in [0.717, 1.165) is 17.9 Å². The van der Waals surface area contributed by atoms with Crippen LogP contribution in [0.25, 0.3) is 0 Å². The van der Waals surface area contributed by atoms with E-state index in [2.05, 4.69) is 12.2 Å². The Balaban J connectivity index is 1.61. The van der Waals surface area contributed by atoms with Crippen molar-refractivity contribution in [1.82, 2.24) is 5.32 Å². The summed E-state index contributed by atoms with van der Waals surface area (Å²) in [7, 11) is 0. The lowest BCUT2D eigenvalue weighted by atomic mass is 9.86. The Morgan fingerprint density at radius 3 is 2.30 bits per heavy atom. The molecule has 2 atom stereocenters. The molecule has 3 heteroatoms. The Kier molecular flexibility index (Phi) is 4.96. The third-order valence-electron chi connectivity index (χ3n) is 4.52. The molecule has 1 N–H and O–H groups in total. The second-order valence-corrected chi connectivity index (χ2v) is 6.28. The summed E-state index contributed by atoms with van der Waals surface area (Å²) in [4.78, 5) is 12.4. The van der Waals surface area contributed by atoms with Crippen LogP contribution in [0.5, 0.6) is 11.5 Å². The van der Waals surface area contributed by atoms with Crippen LogP contribution in [-0.4, -0.2) is 11.9 Å². The molecule has 1 aliphatic carbocycles. The number of hydrogen-bond donors (Lipinski definition) is 1. The van der Waals surface area contributed by atoms with Crippen molar-refractivity contribution in [2.45, 2.75) is 38.6 Å². The smallest absolute Gasteiger partial charge is 0.251 e. The Morgan fingerprint density at radius 2 is 1.61 bits per heavy atom. The fourth-order valence-electron chi connectivity index (χ4n) is 3.08. The van der Waals surface area contributed by atoms with Crippen LogP contribution in [0, 0.1) is 5.92 Å². The van der Waals surface area contributed by atoms with Gasteiger partial charge in [0.25, 0.3) is 5.91 Å². The van der Waals surface area contributed by atoms with Crippen LogP contribution < -0.4 is 10.1 Å². The lowest BCUT2D eigenvalue weighted by Gasteiger charge is -2.29. The van der Waals surface area contributed by atoms with Gasteiger partial charge < -0.3 is 10.1 Å². The molecule has 0 heterocycles. The van der Waals surface area contributed by atoms with E-state index in [-0.39, 0.29) is 5.91 Å². The molecule has 0 radical (unpaired) electrons. The van der Waals surface area contributed by atoms with E-state index in [1.807, 2.05) is 54.6 Å². The Bertz CT molecular complexity index is 636. The quantitative estimate of drug-likeness (QED) is 0.882. The average molecular weight is 309 g/mol. The van der Waals surface area contributed by atoms with Gasteiger partial charge in [0.05, 0.1) is 0 Å². The van der Waals surface area contributed by atoms with E-state index >= 15 is 0 Å². The van der Waals surface area contributed by atoms with Gasteiger partial charge in [-0.15, -0.1) is 0 Å². The first-order chi connectivity index (χ1) is 11.2. The van der Waals surface area contributed by atoms with E-state index < -0.39 is 0 Å². The van der Waals surface area contributed by atoms with Gasteiger partial charge in [-0.05, 0) is 55.2 Å². The van der Waals surface area contributed by atoms with E-state index in [9.17, 15) is 4.79 Å². The van der Waals surface area contributed by atoms with Crippen molar-refractivity contribution in [3.63, 3.8) is 0 Å². The van der Waals surface area contributed by atoms with E-state index in [1.54, 1.807) is 0 Å². The van der Waals surface area contributed by atoms with Gasteiger partial charge in [0, 0.05) is 11.6 Å². The van der Waals surface area contributed by atoms with Crippen LogP contribution in [0.15, 0.2) is 54.6 Å². The third kappa shape index (κ3) is 4.13. The summed E-state index contributed by atoms with van der Waals surface area (Å²) in [6.45, 7) is 2.22. The normalized spacial score (nSPS) is 20.7. The number of carbonyl (C=O) groups is 1. The number of carbonyl (C=O) groups excluding carboxylic acids is 1. The van der Waals surface area contributed by atoms with Gasteiger partial charge in [0.1, 0.15) is 11.5 Å². The Morgan fingerprint density at radius 1 is 0.957 bits per heavy atom. The van der Waals surface area contributed by atoms with Crippen molar-refractivity contribution >= 4 is 5.91 Å². The zero-order valence-corrected chi connectivity index (χ0v) is 13.5. The summed E-state index contributed by atoms with van der Waals surface area (Å²) < 4.78 is 5.75. The largest absolute Gasteiger partial charge is 0.457 e. The Hall–Kier alpha value is -2.29. The lowest BCUT2D eigenvalue weighted by molar-refractivity contribution is 0.0910. The second kappa shape index (κ2) is 7.32. The highest BCUT2D eigenvalue weighted by Gasteiger charge is 2.23. The summed E-state index contributed by atoms with van der Waals surface area (Å²) in [5, 5.41) is 3.17. The molecule has 1 aliphatic rings. The summed E-state index contributed by atoms with van der Waals surface area (Å²) in [6, 6.07) is 17.3. The molecular formula is C20H23NO2. The maximum atomic E-state index is 12.4. The number of para-hydroxylation sites is 1. The third-order valence-corrected chi connectivity index (χ3v) is 4.52. The molecule has 3 rings (SSSR count). The predicted octanol–water partition coefficient (Wildman–Crippen LogP) is 4.79. The number of ether oxygens (including phenoxy) is 1. The predicted molar refractivity (Wildman–Crippen MR) is 91.8 cm³/mol. The van der Waals surface area contributed by atoms with E-state index in [1.165, 1.54) is 19.3 Å². The molecule has 120 valence electrons. The van der Waals surface area contributed by atoms with Crippen LogP contribution in [0.4, 0.5) is 0 Å². The SMILES string of the molecule is C[C@@H]1CCCC[C@H]1NC(=O)c1ccc(Oc2ccccc2)cc1. The molecule has 23 heavy (non-hydrogen) atoms. The van der Waals surface area contributed by atoms with Crippen LogP contribution >= 0.6 is 0 Å². The Labute approximate surface area is 137 Å². The maximum absolute atomic E-state index is 12.4. The molecule has 0 aliphatic heterocycles. The molecule has 0 saturated heterocycles. The topological polar surface area (TPSA) is 38.3 Å². The minimum atomic E-state index is 0.00927. The highest BCUT2D eigenvalue weighted by molar-refractivity contribution is 5.94. The number of benzene rings is 2. The van der Waals surface area contributed by atoms with Crippen molar-refractivity contribution in [1.29, 1.82) is 0 Å². The highest BCUT2D eigenvalue weighted by atomic mass is 16.5. The number of nitrogens with one attached hydrogen (secondary N) is 1. The average Bonchev–Trinajstić information content (AvgIpc) is 2.58. The molecule has 2 aromatic rings. The fourth-order valence-corrected chi connectivity index (χ4v) is 3.08. The summed E-state index contributed by atoms with van der Waals surface area (Å²) in [6.07, 6.45) is 4.77. The van der Waals surface area contributed by atoms with Crippen LogP contribution in [0.1, 0.15) is 43.0 Å². The minimum Gasteiger partial charge on any atom is -0.457 e. The monoisotopic (exact) mass is 309 g/mol. The molecule has 1 saturated carbocycles. The molecule has 2 aromatic carbocycles.